The van der Waals surface area contributed by atoms with Crippen molar-refractivity contribution in [2.24, 2.45) is 0 Å². The molecule has 3 N–H and O–H groups in total. The van der Waals surface area contributed by atoms with E-state index in [9.17, 15) is 24.1 Å². The summed E-state index contributed by atoms with van der Waals surface area (Å²) in [7, 11) is -4.29. The first-order valence-electron chi connectivity index (χ1n) is 12.7. The molecule has 2 fully saturated rings. The van der Waals surface area contributed by atoms with E-state index in [2.05, 4.69) is 5.09 Å². The van der Waals surface area contributed by atoms with Crippen molar-refractivity contribution in [2.75, 3.05) is 19.8 Å². The number of aliphatic hydroxyl groups is 1. The van der Waals surface area contributed by atoms with Crippen molar-refractivity contribution in [1.82, 2.24) is 14.6 Å². The van der Waals surface area contributed by atoms with Crippen LogP contribution in [-0.4, -0.2) is 68.8 Å². The Hall–Kier alpha value is -2.32. The van der Waals surface area contributed by atoms with Gasteiger partial charge >= 0.3 is 13.4 Å². The molecule has 2 aliphatic heterocycles. The van der Waals surface area contributed by atoms with E-state index in [4.69, 9.17) is 18.5 Å². The van der Waals surface area contributed by atoms with Crippen molar-refractivity contribution in [1.29, 1.82) is 0 Å². The zero-order valence-corrected chi connectivity index (χ0v) is 24.2. The Labute approximate surface area is 234 Å². The molecular weight excluding hydrogens is 568 g/mol. The number of nitrogens with one attached hydrogen (secondary N) is 2. The molecule has 3 heterocycles. The second-order valence-electron chi connectivity index (χ2n) is 10.2. The molecule has 6 atom stereocenters. The summed E-state index contributed by atoms with van der Waals surface area (Å²) in [5.41, 5.74) is -3.07. The van der Waals surface area contributed by atoms with Crippen molar-refractivity contribution in [3.8, 4) is 5.75 Å². The number of aromatic nitrogens is 2. The number of hydrogen-bond donors (Lipinski definition) is 3. The van der Waals surface area contributed by atoms with Crippen LogP contribution in [0.2, 0.25) is 0 Å². The fourth-order valence-electron chi connectivity index (χ4n) is 4.22. The molecule has 220 valence electrons. The quantitative estimate of drug-likeness (QED) is 0.325. The van der Waals surface area contributed by atoms with Crippen molar-refractivity contribution in [2.45, 2.75) is 69.0 Å². The Bertz CT molecular complexity index is 1360. The number of carbonyl (C=O) groups is 1. The normalized spacial score (nSPS) is 27.2. The fourth-order valence-corrected chi connectivity index (χ4v) is 6.55. The zero-order chi connectivity index (χ0) is 29.2. The molecule has 1 unspecified atom stereocenters. The summed E-state index contributed by atoms with van der Waals surface area (Å²) in [6.45, 7) is 6.83. The second kappa shape index (κ2) is 12.3. The second-order valence-corrected chi connectivity index (χ2v) is 13.4. The smallest absolute Gasteiger partial charge is 0.413 e. The van der Waals surface area contributed by atoms with Crippen LogP contribution < -0.4 is 20.9 Å². The number of carbonyl (C=O) groups excluding carboxylic acids is 1. The predicted molar refractivity (Wildman–Crippen MR) is 145 cm³/mol. The molecule has 2 aliphatic rings. The Balaban J connectivity index is 1.52. The molecule has 0 radical (unpaired) electrons. The third-order valence-corrected chi connectivity index (χ3v) is 9.20. The predicted octanol–water partition coefficient (Wildman–Crippen LogP) is 2.49. The Morgan fingerprint density at radius 3 is 2.52 bits per heavy atom. The molecule has 4 rings (SSSR count). The largest absolute Gasteiger partial charge is 0.459 e. The number of halogens is 1. The van der Waals surface area contributed by atoms with E-state index >= 15 is 4.39 Å². The van der Waals surface area contributed by atoms with Gasteiger partial charge in [-0.05, 0) is 31.5 Å². The van der Waals surface area contributed by atoms with Crippen LogP contribution >= 0.6 is 19.5 Å². The van der Waals surface area contributed by atoms with Gasteiger partial charge in [0.25, 0.3) is 5.56 Å². The molecule has 0 amide bonds. The Kier molecular flexibility index (Phi) is 9.40. The SMILES string of the molecule is CC(C)SC(=O)[C@H](C)NP(=O)(OC[C@H]1O[C@@H](n2ccc(=O)[nH]c2=O)[C@](C)(F)[C@@H]1O)Oc1ccc(C2COC2)cc1. The Morgan fingerprint density at radius 1 is 1.27 bits per heavy atom. The standard InChI is InChI=1S/C25H33FN3O9PS/c1-14(2)40-22(32)15(3)28-39(34,38-18-7-5-16(6-8-18)17-11-35-12-17)36-13-19-21(31)25(4,26)23(37-19)29-10-9-20(30)27-24(29)33/h5-10,14-15,17,19,21,23,31H,11-13H2,1-4H3,(H,28,34)(H,27,30,33)/t15-,19+,21+,23+,25+,39?/m0/s1. The molecule has 0 saturated carbocycles. The van der Waals surface area contributed by atoms with Gasteiger partial charge in [0.05, 0.1) is 25.9 Å². The molecule has 1 aromatic carbocycles. The summed E-state index contributed by atoms with van der Waals surface area (Å²) in [4.78, 5) is 38.2. The molecule has 0 bridgehead atoms. The van der Waals surface area contributed by atoms with E-state index in [1.165, 1.54) is 6.92 Å². The first-order valence-corrected chi connectivity index (χ1v) is 15.2. The minimum absolute atomic E-state index is 0.0152. The topological polar surface area (TPSA) is 158 Å². The molecule has 1 aromatic heterocycles. The first-order chi connectivity index (χ1) is 18.8. The summed E-state index contributed by atoms with van der Waals surface area (Å²) in [5.74, 6) is 0.455. The number of rotatable bonds is 11. The summed E-state index contributed by atoms with van der Waals surface area (Å²) in [5, 5.41) is 13.0. The molecule has 12 nitrogen and oxygen atoms in total. The maximum absolute atomic E-state index is 15.6. The van der Waals surface area contributed by atoms with E-state index in [1.807, 2.05) is 18.8 Å². The summed E-state index contributed by atoms with van der Waals surface area (Å²) in [6, 6.07) is 6.90. The summed E-state index contributed by atoms with van der Waals surface area (Å²) < 4.78 is 52.4. The first kappa shape index (κ1) is 30.6. The number of benzene rings is 1. The van der Waals surface area contributed by atoms with Gasteiger partial charge in [-0.3, -0.25) is 23.7 Å². The van der Waals surface area contributed by atoms with E-state index < -0.39 is 55.7 Å². The van der Waals surface area contributed by atoms with Crippen LogP contribution in [0.5, 0.6) is 5.75 Å². The maximum Gasteiger partial charge on any atom is 0.459 e. The minimum atomic E-state index is -4.29. The number of hydrogen-bond acceptors (Lipinski definition) is 10. The van der Waals surface area contributed by atoms with Crippen molar-refractivity contribution in [3.63, 3.8) is 0 Å². The molecule has 2 aromatic rings. The highest BCUT2D eigenvalue weighted by atomic mass is 32.2. The summed E-state index contributed by atoms with van der Waals surface area (Å²) in [6.07, 6.45) is -3.74. The third-order valence-electron chi connectivity index (χ3n) is 6.50. The number of aromatic amines is 1. The van der Waals surface area contributed by atoms with Gasteiger partial charge in [0.15, 0.2) is 11.9 Å². The van der Waals surface area contributed by atoms with E-state index in [0.29, 0.717) is 13.2 Å². The summed E-state index contributed by atoms with van der Waals surface area (Å²) >= 11 is 1.05. The van der Waals surface area contributed by atoms with Gasteiger partial charge in [-0.25, -0.2) is 18.8 Å². The molecule has 0 aliphatic carbocycles. The van der Waals surface area contributed by atoms with Gasteiger partial charge in [-0.15, -0.1) is 0 Å². The average molecular weight is 602 g/mol. The molecule has 40 heavy (non-hydrogen) atoms. The lowest BCUT2D eigenvalue weighted by Crippen LogP contribution is -2.43. The molecule has 2 saturated heterocycles. The van der Waals surface area contributed by atoms with Crippen molar-refractivity contribution in [3.05, 3.63) is 62.9 Å². The number of nitrogens with zero attached hydrogens (tertiary/aromatic N) is 1. The van der Waals surface area contributed by atoms with Gasteiger partial charge in [0.1, 0.15) is 18.0 Å². The number of thioether (sulfide) groups is 1. The van der Waals surface area contributed by atoms with E-state index in [0.717, 1.165) is 41.1 Å². The van der Waals surface area contributed by atoms with Crippen LogP contribution in [0.15, 0.2) is 46.1 Å². The van der Waals surface area contributed by atoms with Crippen LogP contribution in [0, 0.1) is 0 Å². The number of aliphatic hydroxyl groups excluding tert-OH is 1. The van der Waals surface area contributed by atoms with Crippen LogP contribution in [-0.2, 0) is 23.4 Å². The van der Waals surface area contributed by atoms with Gasteiger partial charge in [0.2, 0.25) is 5.12 Å². The minimum Gasteiger partial charge on any atom is -0.413 e. The number of H-pyrrole nitrogens is 1. The average Bonchev–Trinajstić information content (AvgIpc) is 3.06. The van der Waals surface area contributed by atoms with Crippen LogP contribution in [0.25, 0.3) is 0 Å². The van der Waals surface area contributed by atoms with Gasteiger partial charge in [-0.1, -0.05) is 37.7 Å². The van der Waals surface area contributed by atoms with E-state index in [-0.39, 0.29) is 22.0 Å². The lowest BCUT2D eigenvalue weighted by molar-refractivity contribution is -0.112. The highest BCUT2D eigenvalue weighted by Gasteiger charge is 2.56. The van der Waals surface area contributed by atoms with Crippen LogP contribution in [0.1, 0.15) is 45.4 Å². The third kappa shape index (κ3) is 6.93. The maximum atomic E-state index is 15.6. The van der Waals surface area contributed by atoms with Crippen LogP contribution in [0.4, 0.5) is 4.39 Å². The monoisotopic (exact) mass is 601 g/mol. The molecule has 15 heteroatoms. The lowest BCUT2D eigenvalue weighted by Gasteiger charge is -2.27. The highest BCUT2D eigenvalue weighted by Crippen LogP contribution is 2.48. The zero-order valence-electron chi connectivity index (χ0n) is 22.4. The molecular formula is C25H33FN3O9PS. The number of alkyl halides is 1. The van der Waals surface area contributed by atoms with Gasteiger partial charge in [-0.2, -0.15) is 0 Å². The van der Waals surface area contributed by atoms with Crippen molar-refractivity contribution >= 4 is 24.6 Å². The van der Waals surface area contributed by atoms with Crippen molar-refractivity contribution < 1.29 is 37.4 Å². The van der Waals surface area contributed by atoms with Crippen LogP contribution in [0.3, 0.4) is 0 Å². The van der Waals surface area contributed by atoms with Gasteiger partial charge in [0, 0.05) is 23.4 Å². The highest BCUT2D eigenvalue weighted by molar-refractivity contribution is 8.14. The van der Waals surface area contributed by atoms with Gasteiger partial charge < -0.3 is 19.1 Å². The number of ether oxygens (including phenoxy) is 2. The lowest BCUT2D eigenvalue weighted by atomic mass is 9.98. The molecule has 0 spiro atoms. The van der Waals surface area contributed by atoms with E-state index in [1.54, 1.807) is 24.3 Å². The fraction of sp³-hybridized carbons (Fsp3) is 0.560. The Morgan fingerprint density at radius 2 is 1.95 bits per heavy atom.